The number of hydrogen-bond acceptors (Lipinski definition) is 7. The fourth-order valence-corrected chi connectivity index (χ4v) is 4.66. The van der Waals surface area contributed by atoms with Gasteiger partial charge in [-0.3, -0.25) is 9.59 Å². The van der Waals surface area contributed by atoms with E-state index < -0.39 is 11.7 Å². The molecule has 0 bridgehead atoms. The molecule has 1 amide bonds. The lowest BCUT2D eigenvalue weighted by Gasteiger charge is -2.17. The van der Waals surface area contributed by atoms with Crippen molar-refractivity contribution in [1.82, 2.24) is 25.2 Å². The van der Waals surface area contributed by atoms with Crippen LogP contribution >= 0.6 is 0 Å². The van der Waals surface area contributed by atoms with E-state index in [4.69, 9.17) is 5.73 Å². The lowest BCUT2D eigenvalue weighted by Crippen LogP contribution is -2.23. The van der Waals surface area contributed by atoms with Crippen molar-refractivity contribution in [3.63, 3.8) is 0 Å². The van der Waals surface area contributed by atoms with Crippen molar-refractivity contribution in [3.8, 4) is 11.3 Å². The number of fused-ring (bicyclic) bond motifs is 2. The minimum absolute atomic E-state index is 0.0149. The Morgan fingerprint density at radius 3 is 2.67 bits per heavy atom. The summed E-state index contributed by atoms with van der Waals surface area (Å²) in [5.41, 5.74) is 11.7. The zero-order chi connectivity index (χ0) is 31.3. The number of rotatable bonds is 7. The van der Waals surface area contributed by atoms with Crippen LogP contribution in [0.2, 0.25) is 0 Å². The minimum atomic E-state index is -0.594. The number of amidine groups is 1. The quantitative estimate of drug-likeness (QED) is 0.124. The highest BCUT2D eigenvalue weighted by Gasteiger charge is 2.34. The fourth-order valence-electron chi connectivity index (χ4n) is 4.66. The summed E-state index contributed by atoms with van der Waals surface area (Å²) < 4.78 is 14.7. The number of benzene rings is 2. The van der Waals surface area contributed by atoms with E-state index in [1.54, 1.807) is 31.5 Å². The van der Waals surface area contributed by atoms with E-state index in [2.05, 4.69) is 25.3 Å². The van der Waals surface area contributed by atoms with Gasteiger partial charge in [0.2, 0.25) is 0 Å². The normalized spacial score (nSPS) is 13.5. The fraction of sp³-hybridized carbons (Fsp3) is 0.219. The zero-order valence-corrected chi connectivity index (χ0v) is 25.1. The number of carbonyl (C=O) groups is 2. The number of aliphatic imine (C=N–C) groups is 1. The van der Waals surface area contributed by atoms with Gasteiger partial charge in [0, 0.05) is 36.1 Å². The number of carbonyl (C=O) groups excluding carboxylic acids is 2. The Balaban J connectivity index is 0.000000996. The molecule has 4 N–H and O–H groups in total. The number of nitrogens with two attached hydrogens (primary N) is 1. The number of aryl methyl sites for hydroxylation is 1. The molecular weight excluding hydrogens is 547 g/mol. The van der Waals surface area contributed by atoms with Crippen molar-refractivity contribution in [3.05, 3.63) is 88.6 Å². The van der Waals surface area contributed by atoms with Crippen LogP contribution in [0, 0.1) is 12.7 Å². The van der Waals surface area contributed by atoms with Gasteiger partial charge < -0.3 is 25.8 Å². The second kappa shape index (κ2) is 13.2. The van der Waals surface area contributed by atoms with Crippen molar-refractivity contribution < 1.29 is 14.0 Å². The van der Waals surface area contributed by atoms with E-state index in [1.165, 1.54) is 17.0 Å². The van der Waals surface area contributed by atoms with Crippen LogP contribution in [0.4, 0.5) is 16.0 Å². The molecule has 0 saturated carbocycles. The Hall–Kier alpha value is -5.16. The number of hydrogen-bond donors (Lipinski definition) is 3. The van der Waals surface area contributed by atoms with Crippen LogP contribution < -0.4 is 16.0 Å². The Labute approximate surface area is 249 Å². The van der Waals surface area contributed by atoms with Gasteiger partial charge in [-0.1, -0.05) is 24.3 Å². The van der Waals surface area contributed by atoms with E-state index in [0.717, 1.165) is 22.2 Å². The highest BCUT2D eigenvalue weighted by molar-refractivity contribution is 6.15. The summed E-state index contributed by atoms with van der Waals surface area (Å²) in [4.78, 5) is 44.3. The molecule has 3 heterocycles. The summed E-state index contributed by atoms with van der Waals surface area (Å²) in [7, 11) is 7.79. The molecule has 0 unspecified atom stereocenters. The molecule has 10 nitrogen and oxygen atoms in total. The topological polar surface area (TPSA) is 133 Å². The molecule has 0 spiro atoms. The number of aldehydes is 1. The number of amides is 1. The van der Waals surface area contributed by atoms with Gasteiger partial charge in [-0.15, -0.1) is 0 Å². The van der Waals surface area contributed by atoms with Crippen molar-refractivity contribution in [2.24, 2.45) is 10.7 Å². The number of nitrogens with zero attached hydrogens (tertiary/aromatic N) is 5. The first kappa shape index (κ1) is 30.8. The average molecular weight is 583 g/mol. The maximum atomic E-state index is 14.7. The van der Waals surface area contributed by atoms with Crippen LogP contribution in [-0.2, 0) is 11.3 Å². The molecule has 1 aliphatic heterocycles. The predicted molar refractivity (Wildman–Crippen MR) is 170 cm³/mol. The second-order valence-corrected chi connectivity index (χ2v) is 10.4. The first-order valence-corrected chi connectivity index (χ1v) is 13.6. The maximum absolute atomic E-state index is 14.7. The Morgan fingerprint density at radius 2 is 1.98 bits per heavy atom. The van der Waals surface area contributed by atoms with E-state index in [1.807, 2.05) is 64.3 Å². The van der Waals surface area contributed by atoms with Crippen LogP contribution in [0.3, 0.4) is 0 Å². The van der Waals surface area contributed by atoms with E-state index >= 15 is 0 Å². The molecule has 0 atom stereocenters. The van der Waals surface area contributed by atoms with Gasteiger partial charge in [0.25, 0.3) is 11.9 Å². The first-order valence-electron chi connectivity index (χ1n) is 13.6. The summed E-state index contributed by atoms with van der Waals surface area (Å²) in [5.74, 6) is -0.554. The van der Waals surface area contributed by atoms with Gasteiger partial charge in [0.05, 0.1) is 29.0 Å². The third-order valence-corrected chi connectivity index (χ3v) is 6.61. The standard InChI is InChI=1S/C29H26FN7O2.C3H9N/c1-16-13-34-29(35-24(31)12-17(2)32-3)36-26(16)20-14-33-27-19(20)7-4-8-23(27)37-15-21-18(6-5-11-38)9-10-22(30)25(21)28(37)39;1-4(2)3/h4-14,32-33H,15H2,1-3H3,(H2,31,34,35,36);1-3H3/b6-5+,17-12-;. The lowest BCUT2D eigenvalue weighted by molar-refractivity contribution is -0.104. The predicted octanol–water partition coefficient (Wildman–Crippen LogP) is 4.73. The number of para-hydroxylation sites is 1. The van der Waals surface area contributed by atoms with E-state index in [-0.39, 0.29) is 23.9 Å². The number of nitrogens with one attached hydrogen (secondary N) is 2. The molecule has 222 valence electrons. The number of halogens is 1. The Morgan fingerprint density at radius 1 is 1.23 bits per heavy atom. The lowest BCUT2D eigenvalue weighted by atomic mass is 10.0. The SMILES string of the molecule is CN(C)C.CN/C(C)=C\C(N)=N/c1ncc(C)c(-c2c[nH]c3c(N4Cc5c(/C=C/C=O)ccc(F)c5C4=O)cccc23)n1. The van der Waals surface area contributed by atoms with Gasteiger partial charge in [-0.2, -0.15) is 4.99 Å². The molecule has 4 aromatic rings. The Bertz CT molecular complexity index is 1770. The van der Waals surface area contributed by atoms with Crippen molar-refractivity contribution >= 4 is 46.6 Å². The second-order valence-electron chi connectivity index (χ2n) is 10.4. The van der Waals surface area contributed by atoms with Crippen LogP contribution in [0.1, 0.15) is 34.0 Å². The van der Waals surface area contributed by atoms with Gasteiger partial charge >= 0.3 is 0 Å². The van der Waals surface area contributed by atoms with Crippen molar-refractivity contribution in [1.29, 1.82) is 0 Å². The molecule has 2 aromatic heterocycles. The summed E-state index contributed by atoms with van der Waals surface area (Å²) in [6.07, 6.45) is 8.74. The molecule has 0 radical (unpaired) electrons. The highest BCUT2D eigenvalue weighted by Crippen LogP contribution is 2.39. The molecule has 5 rings (SSSR count). The Kier molecular flexibility index (Phi) is 9.46. The summed E-state index contributed by atoms with van der Waals surface area (Å²) >= 11 is 0. The third kappa shape index (κ3) is 6.68. The van der Waals surface area contributed by atoms with Crippen LogP contribution in [-0.4, -0.2) is 66.1 Å². The van der Waals surface area contributed by atoms with Crippen LogP contribution in [0.15, 0.2) is 65.6 Å². The molecule has 1 aliphatic rings. The molecule has 11 heteroatoms. The van der Waals surface area contributed by atoms with Crippen molar-refractivity contribution in [2.45, 2.75) is 20.4 Å². The number of aromatic nitrogens is 3. The van der Waals surface area contributed by atoms with Crippen LogP contribution in [0.25, 0.3) is 28.2 Å². The number of aromatic amines is 1. The smallest absolute Gasteiger partial charge is 0.262 e. The molecule has 0 aliphatic carbocycles. The molecule has 0 saturated heterocycles. The van der Waals surface area contributed by atoms with Gasteiger partial charge in [-0.05, 0) is 76.0 Å². The minimum Gasteiger partial charge on any atom is -0.392 e. The highest BCUT2D eigenvalue weighted by atomic mass is 19.1. The first-order chi connectivity index (χ1) is 20.5. The molecule has 0 fully saturated rings. The number of anilines is 1. The monoisotopic (exact) mass is 582 g/mol. The van der Waals surface area contributed by atoms with Crippen molar-refractivity contribution in [2.75, 3.05) is 33.1 Å². The number of H-pyrrole nitrogens is 1. The third-order valence-electron chi connectivity index (χ3n) is 6.61. The number of allylic oxidation sites excluding steroid dienone is 2. The van der Waals surface area contributed by atoms with Gasteiger partial charge in [0.15, 0.2) is 0 Å². The molecule has 2 aromatic carbocycles. The van der Waals surface area contributed by atoms with Gasteiger partial charge in [-0.25, -0.2) is 14.4 Å². The summed E-state index contributed by atoms with van der Waals surface area (Å²) in [6.45, 7) is 3.94. The van der Waals surface area contributed by atoms with Gasteiger partial charge in [0.1, 0.15) is 17.9 Å². The molecule has 43 heavy (non-hydrogen) atoms. The summed E-state index contributed by atoms with van der Waals surface area (Å²) in [6, 6.07) is 8.39. The maximum Gasteiger partial charge on any atom is 0.262 e. The van der Waals surface area contributed by atoms with Crippen LogP contribution in [0.5, 0.6) is 0 Å². The van der Waals surface area contributed by atoms with E-state index in [9.17, 15) is 14.0 Å². The average Bonchev–Trinajstić information content (AvgIpc) is 3.55. The van der Waals surface area contributed by atoms with E-state index in [0.29, 0.717) is 34.3 Å². The largest absolute Gasteiger partial charge is 0.392 e. The zero-order valence-electron chi connectivity index (χ0n) is 25.1. The molecular formula is C32H35FN8O2. The summed E-state index contributed by atoms with van der Waals surface area (Å²) in [5, 5.41) is 3.81.